The Kier molecular flexibility index (Phi) is 41.6. The molecule has 8 aromatic rings. The van der Waals surface area contributed by atoms with Crippen LogP contribution in [0, 0.1) is 11.8 Å². The van der Waals surface area contributed by atoms with Gasteiger partial charge in [-0.1, -0.05) is 169 Å². The molecule has 16 N–H and O–H groups in total. The Morgan fingerprint density at radius 3 is 0.976 bits per heavy atom. The maximum Gasteiger partial charge on any atom is 0.338 e. The summed E-state index contributed by atoms with van der Waals surface area (Å²) in [5.41, 5.74) is -7.57. The predicted octanol–water partition coefficient (Wildman–Crippen LogP) is -0.643. The molecule has 6 aromatic heterocycles. The number of esters is 2. The van der Waals surface area contributed by atoms with Gasteiger partial charge in [0, 0.05) is 78.0 Å². The van der Waals surface area contributed by atoms with Crippen molar-refractivity contribution < 1.29 is 112 Å². The minimum atomic E-state index is -2.51. The molecule has 126 heavy (non-hydrogen) atoms. The first-order chi connectivity index (χ1) is 56.7. The fourth-order valence-electron chi connectivity index (χ4n) is 12.3. The first-order valence-electron chi connectivity index (χ1n) is 35.2. The topological polar surface area (TPSA) is 639 Å². The first-order valence-corrected chi connectivity index (χ1v) is 39.8. The molecule has 23 atom stereocenters. The van der Waals surface area contributed by atoms with E-state index in [1.165, 1.54) is 37.6 Å². The number of halogens is 6. The van der Waals surface area contributed by atoms with Crippen LogP contribution in [0.5, 0.6) is 0 Å². The van der Waals surface area contributed by atoms with Crippen molar-refractivity contribution in [1.82, 2.24) is 57.3 Å². The number of carbonyl (C=O) groups excluding carboxylic acids is 2. The van der Waals surface area contributed by atoms with Gasteiger partial charge in [0.15, 0.2) is 43.3 Å². The van der Waals surface area contributed by atoms with Crippen LogP contribution in [0.15, 0.2) is 204 Å². The second kappa shape index (κ2) is 47.4. The summed E-state index contributed by atoms with van der Waals surface area (Å²) in [5, 5.41) is 95.1. The van der Waals surface area contributed by atoms with Crippen LogP contribution in [0.2, 0.25) is 0 Å². The van der Waals surface area contributed by atoms with Crippen LogP contribution in [0.3, 0.4) is 0 Å². The Labute approximate surface area is 751 Å². The third kappa shape index (κ3) is 25.0. The highest BCUT2D eigenvalue weighted by Gasteiger charge is 2.59. The summed E-state index contributed by atoms with van der Waals surface area (Å²) in [7, 11) is 0. The Bertz CT molecular complexity index is 5460. The number of H-pyrrole nitrogens is 6. The van der Waals surface area contributed by atoms with E-state index >= 15 is 4.39 Å². The largest absolute Gasteiger partial charge is 0.469 e. The second-order valence-electron chi connectivity index (χ2n) is 26.7. The van der Waals surface area contributed by atoms with Crippen molar-refractivity contribution in [2.45, 2.75) is 187 Å². The molecule has 14 rings (SSSR count). The molecule has 0 unspecified atom stereocenters. The van der Waals surface area contributed by atoms with E-state index < -0.39 is 233 Å². The number of aromatic nitrogens is 12. The second-order valence-corrected chi connectivity index (χ2v) is 29.1. The number of nitrogens with one attached hydrogen (secondary N) is 6. The standard InChI is InChI=1S/C17H16FIN2O5.C17H17FN2O6.C9H10FIN2O5.C9H11IN2O5.C9H12N2O6.C9H10N2O5.6CH4/c1-10-13(25-15(23)11-5-3-2-4-6-11)14(26-17(10,18)9-19)21-8-7-12(22)20-16(21)24;1-10-13(25-15(23)11-5-3-2-4-6-11)14(26-17(10,18)9-21)20-8-7-12(22)19-16(20)24;10-9(3-11)6(16)5(15)7(18-9)13-2-1-4(14)12-8(13)17;10-3-4-6(14)7(15)8(17-4)12-2-1-5(13)11-9(12)16;12-3-4-6(14)7(15)8(17-4)11-2-1-5(13)10-9(11)16;1-4-6(13)7(14)8(16-4)11-3-2-5(12)10-9(11)15;;;;;;/h2-8,10,13-14H,9H2,1H3,(H,20,22,24);2-8,10,13-14,21H,9H2,1H3,(H,19,22,24);1-2,5-7,15-16H,3H2,(H,12,14,17);1-2,4,6-8,14-15H,3H2,(H,11,13,16);1-2,4,6-8,12,14-15H,3H2,(H,10,13,16);2-3,6-8,13-14H,1H2,(H,10,12,15);6*1H4/t2*10-,13+,14+,17+;5-,6+,7-,9-;2*4-,6-,7-,8-;6-,7-,8-;;;;;;/m001111....../s1. The lowest BCUT2D eigenvalue weighted by Crippen LogP contribution is -2.40. The average Bonchev–Trinajstić information content (AvgIpc) is 1.59. The predicted molar refractivity (Wildman–Crippen MR) is 466 cm³/mol. The number of benzene rings is 2. The molecule has 6 saturated heterocycles. The van der Waals surface area contributed by atoms with Crippen LogP contribution in [0.4, 0.5) is 13.2 Å². The Balaban J connectivity index is 0.000000391. The Morgan fingerprint density at radius 1 is 0.405 bits per heavy atom. The highest BCUT2D eigenvalue weighted by Crippen LogP contribution is 2.46. The van der Waals surface area contributed by atoms with E-state index in [0.717, 1.165) is 82.4 Å². The highest BCUT2D eigenvalue weighted by molar-refractivity contribution is 14.1. The summed E-state index contributed by atoms with van der Waals surface area (Å²) in [6.45, 7) is 4.88. The lowest BCUT2D eigenvalue weighted by Gasteiger charge is -2.23. The maximum absolute atomic E-state index is 15.1. The molecular weight excluding hydrogens is 2030 g/mol. The molecule has 0 spiro atoms. The van der Waals surface area contributed by atoms with E-state index in [0.29, 0.717) is 9.99 Å². The van der Waals surface area contributed by atoms with E-state index in [-0.39, 0.29) is 64.7 Å². The molecule has 2 aromatic carbocycles. The van der Waals surface area contributed by atoms with Crippen LogP contribution in [-0.4, -0.2) is 238 Å². The van der Waals surface area contributed by atoms with Crippen molar-refractivity contribution in [3.8, 4) is 0 Å². The quantitative estimate of drug-likeness (QED) is 0.0345. The van der Waals surface area contributed by atoms with E-state index in [2.05, 4.69) is 16.5 Å². The molecule has 0 radical (unpaired) electrons. The Morgan fingerprint density at radius 2 is 0.698 bits per heavy atom. The van der Waals surface area contributed by atoms with Gasteiger partial charge in [-0.15, -0.1) is 0 Å². The first kappa shape index (κ1) is 111. The third-order valence-electron chi connectivity index (χ3n) is 19.0. The number of hydrogen-bond acceptors (Lipinski definition) is 32. The van der Waals surface area contributed by atoms with Gasteiger partial charge in [0.25, 0.3) is 33.4 Å². The fourth-order valence-corrected chi connectivity index (χ4v) is 14.5. The van der Waals surface area contributed by atoms with Gasteiger partial charge >= 0.3 is 46.1 Å². The minimum Gasteiger partial charge on any atom is -0.469 e. The van der Waals surface area contributed by atoms with E-state index in [9.17, 15) is 122 Å². The SMILES string of the molecule is C.C.C.C.C.C.C=C1O[C@@H](n2ccc(=O)[nH]c2=O)[C@H](O)[C@@H]1O.C[C@H]1[C@@H](OC(=O)c2ccccc2)[C@H](n2ccc(=O)[nH]c2=O)O[C@]1(F)CI.C[C@H]1[C@@H](OC(=O)c2ccccc2)[C@H](n2ccc(=O)[nH]c2=O)O[C@]1(F)CO.O=c1ccn([C@@H]2O[C@H](CI)[C@@H](O)[C@H]2O)c(=O)[nH]1.O=c1ccn([C@@H]2O[C@H](CO)[C@@H](O)[C@H]2O)c(=O)[nH]1.O=c1ccn([C@@H]2O[C@](F)(CI)[C@@H](O)[C@H]2O)c(=O)[nH]1. The molecular formula is C76H100F3I3N12O32. The fraction of sp³-hybridized carbons (Fsp3) is 0.474. The van der Waals surface area contributed by atoms with Gasteiger partial charge in [0.1, 0.15) is 67.3 Å². The minimum absolute atomic E-state index is 0. The van der Waals surface area contributed by atoms with Crippen LogP contribution < -0.4 is 67.5 Å². The normalized spacial score (nSPS) is 29.3. The molecule has 50 heteroatoms. The highest BCUT2D eigenvalue weighted by atomic mass is 127. The molecule has 6 fully saturated rings. The van der Waals surface area contributed by atoms with Gasteiger partial charge in [-0.05, 0) is 24.3 Å². The summed E-state index contributed by atoms with van der Waals surface area (Å²) in [4.78, 5) is 173. The third-order valence-corrected chi connectivity index (χ3v) is 21.9. The van der Waals surface area contributed by atoms with Crippen molar-refractivity contribution in [2.24, 2.45) is 11.8 Å². The molecule has 6 aliphatic rings. The molecule has 6 aliphatic heterocycles. The van der Waals surface area contributed by atoms with Gasteiger partial charge in [-0.2, -0.15) is 0 Å². The summed E-state index contributed by atoms with van der Waals surface area (Å²) in [5.74, 6) is -10.3. The van der Waals surface area contributed by atoms with Gasteiger partial charge in [-0.3, -0.25) is 86.1 Å². The zero-order valence-electron chi connectivity index (χ0n) is 61.9. The monoisotopic (exact) mass is 2130 g/mol. The van der Waals surface area contributed by atoms with Crippen molar-refractivity contribution in [2.75, 3.05) is 26.5 Å². The average molecular weight is 2130 g/mol. The zero-order chi connectivity index (χ0) is 88.3. The number of rotatable bonds is 15. The van der Waals surface area contributed by atoms with Crippen molar-refractivity contribution in [3.63, 3.8) is 0 Å². The zero-order valence-corrected chi connectivity index (χ0v) is 68.4. The lowest BCUT2D eigenvalue weighted by atomic mass is 9.98. The van der Waals surface area contributed by atoms with Crippen LogP contribution in [-0.2, 0) is 37.9 Å². The van der Waals surface area contributed by atoms with Crippen LogP contribution in [0.25, 0.3) is 0 Å². The number of carbonyl (C=O) groups is 2. The number of hydrogen-bond donors (Lipinski definition) is 16. The number of aliphatic hydroxyl groups is 10. The van der Waals surface area contributed by atoms with E-state index in [1.54, 1.807) is 78.0 Å². The van der Waals surface area contributed by atoms with Crippen LogP contribution in [0.1, 0.15) is 116 Å². The summed E-state index contributed by atoms with van der Waals surface area (Å²) < 4.78 is 91.9. The van der Waals surface area contributed by atoms with Gasteiger partial charge in [0.2, 0.25) is 23.8 Å². The number of ether oxygens (including phenoxy) is 8. The molecule has 44 nitrogen and oxygen atoms in total. The Hall–Kier alpha value is -9.62. The maximum atomic E-state index is 15.1. The van der Waals surface area contributed by atoms with Gasteiger partial charge in [-0.25, -0.2) is 51.5 Å². The molecule has 0 aliphatic carbocycles. The van der Waals surface area contributed by atoms with Crippen molar-refractivity contribution in [3.05, 3.63) is 283 Å². The molecule has 698 valence electrons. The summed E-state index contributed by atoms with van der Waals surface area (Å²) >= 11 is 5.51. The van der Waals surface area contributed by atoms with Crippen molar-refractivity contribution in [1.29, 1.82) is 0 Å². The summed E-state index contributed by atoms with van der Waals surface area (Å²) in [6.07, 6.45) is -14.7. The molecule has 12 heterocycles. The smallest absolute Gasteiger partial charge is 0.338 e. The van der Waals surface area contributed by atoms with Gasteiger partial charge in [0.05, 0.1) is 44.5 Å². The number of nitrogens with zero attached hydrogens (tertiary/aromatic N) is 6. The van der Waals surface area contributed by atoms with Crippen molar-refractivity contribution >= 4 is 79.7 Å². The number of aliphatic hydroxyl groups excluding tert-OH is 10. The number of aromatic amines is 6. The lowest BCUT2D eigenvalue weighted by molar-refractivity contribution is -0.192. The molecule has 0 bridgehead atoms. The molecule has 0 amide bonds. The van der Waals surface area contributed by atoms with Crippen LogP contribution >= 0.6 is 67.8 Å². The number of alkyl halides is 6. The van der Waals surface area contributed by atoms with E-state index in [4.69, 9.17) is 43.0 Å². The summed E-state index contributed by atoms with van der Waals surface area (Å²) in [6, 6.07) is 22.9. The van der Waals surface area contributed by atoms with Gasteiger partial charge < -0.3 is 89.0 Å². The molecule has 0 saturated carbocycles. The van der Waals surface area contributed by atoms with E-state index in [1.807, 2.05) is 65.1 Å².